The van der Waals surface area contributed by atoms with Crippen LogP contribution in [0.3, 0.4) is 0 Å². The van der Waals surface area contributed by atoms with Gasteiger partial charge in [-0.15, -0.1) is 0 Å². The first-order valence-electron chi connectivity index (χ1n) is 8.47. The van der Waals surface area contributed by atoms with Crippen molar-refractivity contribution in [2.45, 2.75) is 43.5 Å². The van der Waals surface area contributed by atoms with Gasteiger partial charge in [-0.1, -0.05) is 12.1 Å². The molecule has 1 saturated heterocycles. The summed E-state index contributed by atoms with van der Waals surface area (Å²) < 4.78 is 22.7. The van der Waals surface area contributed by atoms with Crippen LogP contribution in [0.5, 0.6) is 0 Å². The first-order chi connectivity index (χ1) is 11.4. The van der Waals surface area contributed by atoms with Crippen molar-refractivity contribution < 1.29 is 13.2 Å². The minimum absolute atomic E-state index is 0.0240. The average Bonchev–Trinajstić information content (AvgIpc) is 3.31. The number of benzene rings is 1. The third kappa shape index (κ3) is 5.21. The molecule has 1 heterocycles. The summed E-state index contributed by atoms with van der Waals surface area (Å²) in [7, 11) is -3.09. The number of nitrogens with zero attached hydrogens (tertiary/aromatic N) is 1. The number of nitrogens with one attached hydrogen (secondary N) is 2. The maximum atomic E-state index is 12.2. The van der Waals surface area contributed by atoms with Gasteiger partial charge in [0.25, 0.3) is 0 Å². The van der Waals surface area contributed by atoms with Gasteiger partial charge in [0.05, 0.1) is 5.75 Å². The molecule has 2 fully saturated rings. The van der Waals surface area contributed by atoms with Crippen molar-refractivity contribution in [1.29, 1.82) is 0 Å². The SMILES string of the molecule is CS(=O)(=O)Cc1cccc(NC(=O)NC2CCN(C3CC3)CC2)c1. The highest BCUT2D eigenvalue weighted by Crippen LogP contribution is 2.29. The average molecular weight is 351 g/mol. The second-order valence-electron chi connectivity index (χ2n) is 6.91. The summed E-state index contributed by atoms with van der Waals surface area (Å²) in [5.74, 6) is -0.0240. The summed E-state index contributed by atoms with van der Waals surface area (Å²) >= 11 is 0. The summed E-state index contributed by atoms with van der Waals surface area (Å²) in [5, 5.41) is 5.82. The Labute approximate surface area is 143 Å². The Kier molecular flexibility index (Phi) is 5.10. The van der Waals surface area contributed by atoms with Crippen LogP contribution in [0.4, 0.5) is 10.5 Å². The monoisotopic (exact) mass is 351 g/mol. The van der Waals surface area contributed by atoms with Crippen LogP contribution in [0.15, 0.2) is 24.3 Å². The topological polar surface area (TPSA) is 78.5 Å². The van der Waals surface area contributed by atoms with Crippen LogP contribution in [0.1, 0.15) is 31.2 Å². The molecule has 2 N–H and O–H groups in total. The van der Waals surface area contributed by atoms with Crippen LogP contribution in [-0.2, 0) is 15.6 Å². The Morgan fingerprint density at radius 3 is 2.54 bits per heavy atom. The molecule has 0 aromatic heterocycles. The minimum atomic E-state index is -3.09. The Morgan fingerprint density at radius 1 is 1.21 bits per heavy atom. The second-order valence-corrected chi connectivity index (χ2v) is 9.05. The van der Waals surface area contributed by atoms with E-state index in [0.717, 1.165) is 32.0 Å². The Morgan fingerprint density at radius 2 is 1.92 bits per heavy atom. The molecule has 1 aromatic rings. The van der Waals surface area contributed by atoms with Crippen molar-refractivity contribution in [3.63, 3.8) is 0 Å². The van der Waals surface area contributed by atoms with Crippen molar-refractivity contribution >= 4 is 21.6 Å². The van der Waals surface area contributed by atoms with Crippen LogP contribution in [0.25, 0.3) is 0 Å². The van der Waals surface area contributed by atoms with Crippen molar-refractivity contribution in [1.82, 2.24) is 10.2 Å². The fourth-order valence-corrected chi connectivity index (χ4v) is 4.03. The zero-order valence-corrected chi connectivity index (χ0v) is 14.8. The quantitative estimate of drug-likeness (QED) is 0.850. The largest absolute Gasteiger partial charge is 0.335 e. The first kappa shape index (κ1) is 17.2. The van der Waals surface area contributed by atoms with Gasteiger partial charge in [0.15, 0.2) is 9.84 Å². The number of urea groups is 1. The van der Waals surface area contributed by atoms with Gasteiger partial charge in [0.2, 0.25) is 0 Å². The summed E-state index contributed by atoms with van der Waals surface area (Å²) in [4.78, 5) is 14.7. The van der Waals surface area contributed by atoms with Crippen LogP contribution in [0, 0.1) is 0 Å². The van der Waals surface area contributed by atoms with Crippen molar-refractivity contribution in [3.8, 4) is 0 Å². The molecule has 1 aliphatic carbocycles. The number of carbonyl (C=O) groups is 1. The molecule has 1 aliphatic heterocycles. The second kappa shape index (κ2) is 7.11. The van der Waals surface area contributed by atoms with Gasteiger partial charge in [0.1, 0.15) is 0 Å². The predicted molar refractivity (Wildman–Crippen MR) is 94.8 cm³/mol. The van der Waals surface area contributed by atoms with Crippen molar-refractivity contribution in [2.75, 3.05) is 24.7 Å². The zero-order valence-electron chi connectivity index (χ0n) is 14.0. The van der Waals surface area contributed by atoms with Crippen LogP contribution in [-0.4, -0.2) is 50.8 Å². The maximum Gasteiger partial charge on any atom is 0.319 e. The minimum Gasteiger partial charge on any atom is -0.335 e. The molecular weight excluding hydrogens is 326 g/mol. The molecule has 0 bridgehead atoms. The number of hydrogen-bond donors (Lipinski definition) is 2. The van der Waals surface area contributed by atoms with E-state index in [1.54, 1.807) is 24.3 Å². The third-order valence-corrected chi connectivity index (χ3v) is 5.40. The molecule has 0 spiro atoms. The molecule has 7 heteroatoms. The predicted octanol–water partition coefficient (Wildman–Crippen LogP) is 1.98. The van der Waals surface area contributed by atoms with E-state index in [-0.39, 0.29) is 17.8 Å². The van der Waals surface area contributed by atoms with E-state index in [9.17, 15) is 13.2 Å². The smallest absolute Gasteiger partial charge is 0.319 e. The molecule has 2 amide bonds. The lowest BCUT2D eigenvalue weighted by molar-refractivity contribution is 0.189. The summed E-state index contributed by atoms with van der Waals surface area (Å²) in [6.07, 6.45) is 5.81. The molecule has 132 valence electrons. The highest BCUT2D eigenvalue weighted by molar-refractivity contribution is 7.89. The lowest BCUT2D eigenvalue weighted by Gasteiger charge is -2.32. The molecule has 24 heavy (non-hydrogen) atoms. The summed E-state index contributed by atoms with van der Waals surface area (Å²) in [5.41, 5.74) is 1.29. The molecule has 6 nitrogen and oxygen atoms in total. The van der Waals surface area contributed by atoms with Crippen LogP contribution >= 0.6 is 0 Å². The highest BCUT2D eigenvalue weighted by Gasteiger charge is 2.32. The number of sulfone groups is 1. The zero-order chi connectivity index (χ0) is 17.2. The Bertz CT molecular complexity index is 693. The van der Waals surface area contributed by atoms with Crippen LogP contribution < -0.4 is 10.6 Å². The van der Waals surface area contributed by atoms with Gasteiger partial charge in [-0.3, -0.25) is 0 Å². The molecule has 1 saturated carbocycles. The van der Waals surface area contributed by atoms with Gasteiger partial charge in [-0.2, -0.15) is 0 Å². The Hall–Kier alpha value is -1.60. The van der Waals surface area contributed by atoms with E-state index in [1.807, 2.05) is 0 Å². The normalized spacial score (nSPS) is 19.9. The number of carbonyl (C=O) groups excluding carboxylic acids is 1. The third-order valence-electron chi connectivity index (χ3n) is 4.54. The summed E-state index contributed by atoms with van der Waals surface area (Å²) in [6, 6.07) is 7.74. The number of rotatable bonds is 5. The Balaban J connectivity index is 1.49. The van der Waals surface area contributed by atoms with Gasteiger partial charge < -0.3 is 15.5 Å². The maximum absolute atomic E-state index is 12.2. The van der Waals surface area contributed by atoms with Gasteiger partial charge >= 0.3 is 6.03 Å². The number of anilines is 1. The molecule has 3 rings (SSSR count). The van der Waals surface area contributed by atoms with E-state index in [2.05, 4.69) is 15.5 Å². The number of likely N-dealkylation sites (tertiary alicyclic amines) is 1. The first-order valence-corrected chi connectivity index (χ1v) is 10.5. The molecule has 1 aromatic carbocycles. The van der Waals surface area contributed by atoms with E-state index in [4.69, 9.17) is 0 Å². The number of hydrogen-bond acceptors (Lipinski definition) is 4. The molecule has 0 radical (unpaired) electrons. The lowest BCUT2D eigenvalue weighted by atomic mass is 10.1. The molecule has 0 atom stereocenters. The highest BCUT2D eigenvalue weighted by atomic mass is 32.2. The van der Waals surface area contributed by atoms with E-state index < -0.39 is 9.84 Å². The van der Waals surface area contributed by atoms with E-state index in [1.165, 1.54) is 19.1 Å². The van der Waals surface area contributed by atoms with Crippen molar-refractivity contribution in [2.24, 2.45) is 0 Å². The fourth-order valence-electron chi connectivity index (χ4n) is 3.24. The van der Waals surface area contributed by atoms with Crippen molar-refractivity contribution in [3.05, 3.63) is 29.8 Å². The number of amides is 2. The van der Waals surface area contributed by atoms with Gasteiger partial charge in [-0.25, -0.2) is 13.2 Å². The molecule has 2 aliphatic rings. The summed E-state index contributed by atoms with van der Waals surface area (Å²) in [6.45, 7) is 2.11. The lowest BCUT2D eigenvalue weighted by Crippen LogP contribution is -2.46. The molecule has 0 unspecified atom stereocenters. The van der Waals surface area contributed by atoms with Gasteiger partial charge in [-0.05, 0) is 43.4 Å². The molecular formula is C17H25N3O3S. The van der Waals surface area contributed by atoms with E-state index >= 15 is 0 Å². The van der Waals surface area contributed by atoms with E-state index in [0.29, 0.717) is 11.3 Å². The fraction of sp³-hybridized carbons (Fsp3) is 0.588. The van der Waals surface area contributed by atoms with Gasteiger partial charge in [0, 0.05) is 37.1 Å². The number of piperidine rings is 1. The standard InChI is InChI=1S/C17H25N3O3S/c1-24(22,23)12-13-3-2-4-15(11-13)19-17(21)18-14-7-9-20(10-8-14)16-5-6-16/h2-4,11,14,16H,5-10,12H2,1H3,(H2,18,19,21). The van der Waals surface area contributed by atoms with Crippen LogP contribution in [0.2, 0.25) is 0 Å².